The van der Waals surface area contributed by atoms with E-state index >= 15 is 0 Å². The fourth-order valence-electron chi connectivity index (χ4n) is 4.44. The number of nitrogens with one attached hydrogen (secondary N) is 4. The van der Waals surface area contributed by atoms with Crippen molar-refractivity contribution in [1.29, 1.82) is 0 Å². The molecule has 0 spiro atoms. The predicted molar refractivity (Wildman–Crippen MR) is 170 cm³/mol. The molecule has 0 aromatic heterocycles. The molecule has 0 bridgehead atoms. The maximum Gasteiger partial charge on any atom is 0.327 e. The van der Waals surface area contributed by atoms with Gasteiger partial charge in [0.15, 0.2) is 0 Å². The molecule has 14 heteroatoms. The molecule has 3 rings (SSSR count). The Morgan fingerprint density at radius 2 is 1.55 bits per heavy atom. The van der Waals surface area contributed by atoms with Gasteiger partial charge in [0, 0.05) is 11.2 Å². The van der Waals surface area contributed by atoms with Gasteiger partial charge in [0.05, 0.1) is 17.3 Å². The van der Waals surface area contributed by atoms with Crippen molar-refractivity contribution in [2.75, 3.05) is 6.54 Å². The van der Waals surface area contributed by atoms with Crippen molar-refractivity contribution >= 4 is 51.2 Å². The summed E-state index contributed by atoms with van der Waals surface area (Å²) in [4.78, 5) is 65.4. The highest BCUT2D eigenvalue weighted by Crippen LogP contribution is 2.46. The smallest absolute Gasteiger partial charge is 0.327 e. The van der Waals surface area contributed by atoms with E-state index in [0.717, 1.165) is 16.4 Å². The Balaban J connectivity index is 1.88. The number of amides is 4. The number of phenolic OH excluding ortho intramolecular Hbond substituents is 1. The molecular formula is C30H39N5O7S2. The van der Waals surface area contributed by atoms with E-state index < -0.39 is 69.8 Å². The molecule has 0 saturated carbocycles. The van der Waals surface area contributed by atoms with E-state index in [1.807, 2.05) is 0 Å². The summed E-state index contributed by atoms with van der Waals surface area (Å²) in [6.45, 7) is 6.21. The maximum atomic E-state index is 13.5. The minimum absolute atomic E-state index is 0.0718. The lowest BCUT2D eigenvalue weighted by Crippen LogP contribution is -2.61. The number of carbonyl (C=O) groups excluding carboxylic acids is 4. The van der Waals surface area contributed by atoms with Gasteiger partial charge in [-0.3, -0.25) is 19.2 Å². The largest absolute Gasteiger partial charge is 0.508 e. The van der Waals surface area contributed by atoms with Crippen LogP contribution in [0.2, 0.25) is 0 Å². The van der Waals surface area contributed by atoms with Gasteiger partial charge in [0.2, 0.25) is 23.6 Å². The van der Waals surface area contributed by atoms with Crippen molar-refractivity contribution in [2.45, 2.75) is 74.2 Å². The van der Waals surface area contributed by atoms with E-state index in [9.17, 15) is 34.2 Å². The third kappa shape index (κ3) is 9.63. The Kier molecular flexibility index (Phi) is 11.7. The van der Waals surface area contributed by atoms with Crippen LogP contribution in [0.15, 0.2) is 54.6 Å². The van der Waals surface area contributed by atoms with Gasteiger partial charge in [-0.2, -0.15) is 0 Å². The van der Waals surface area contributed by atoms with Gasteiger partial charge in [-0.15, -0.1) is 0 Å². The molecule has 0 radical (unpaired) electrons. The highest BCUT2D eigenvalue weighted by atomic mass is 33.1. The predicted octanol–water partition coefficient (Wildman–Crippen LogP) is 1.11. The monoisotopic (exact) mass is 645 g/mol. The quantitative estimate of drug-likeness (QED) is 0.214. The van der Waals surface area contributed by atoms with E-state index in [1.54, 1.807) is 70.2 Å². The Morgan fingerprint density at radius 1 is 0.932 bits per heavy atom. The van der Waals surface area contributed by atoms with Crippen molar-refractivity contribution in [3.63, 3.8) is 0 Å². The van der Waals surface area contributed by atoms with Gasteiger partial charge in [0.1, 0.15) is 23.9 Å². The number of aliphatic carboxylic acids is 1. The molecule has 1 saturated heterocycles. The lowest BCUT2D eigenvalue weighted by Gasteiger charge is -2.38. The van der Waals surface area contributed by atoms with Crippen LogP contribution in [0.5, 0.6) is 5.75 Å². The normalized spacial score (nSPS) is 23.2. The second-order valence-corrected chi connectivity index (χ2v) is 15.0. The molecule has 1 aliphatic heterocycles. The number of benzene rings is 2. The summed E-state index contributed by atoms with van der Waals surface area (Å²) in [6, 6.07) is 10.5. The minimum Gasteiger partial charge on any atom is -0.508 e. The third-order valence-corrected chi connectivity index (χ3v) is 11.3. The summed E-state index contributed by atoms with van der Waals surface area (Å²) in [6.07, 6.45) is 0.229. The molecule has 4 amide bonds. The zero-order valence-electron chi connectivity index (χ0n) is 25.0. The SMILES string of the molecule is CC1(C)SSC(C)(C)[C@H](C(=O)O)NC(=O)[C@@H](Cc2ccccc2)NC(=O)CNC(=O)[C@H]1NC(=O)[C@H](N)Cc1ccc(O)cc1. The molecule has 0 aliphatic carbocycles. The van der Waals surface area contributed by atoms with Crippen molar-refractivity contribution < 1.29 is 34.2 Å². The zero-order chi connectivity index (χ0) is 32.7. The molecule has 1 heterocycles. The van der Waals surface area contributed by atoms with Gasteiger partial charge in [0.25, 0.3) is 0 Å². The van der Waals surface area contributed by atoms with Crippen molar-refractivity contribution in [2.24, 2.45) is 5.73 Å². The summed E-state index contributed by atoms with van der Waals surface area (Å²) in [5, 5.41) is 30.1. The van der Waals surface area contributed by atoms with Crippen LogP contribution in [0.1, 0.15) is 38.8 Å². The third-order valence-electron chi connectivity index (χ3n) is 7.03. The number of hydrogen-bond donors (Lipinski definition) is 7. The van der Waals surface area contributed by atoms with Crippen LogP contribution in [0.3, 0.4) is 0 Å². The number of carboxylic acids is 1. The first-order valence-electron chi connectivity index (χ1n) is 13.9. The molecule has 12 nitrogen and oxygen atoms in total. The molecule has 2 aromatic carbocycles. The average molecular weight is 646 g/mol. The van der Waals surface area contributed by atoms with Crippen LogP contribution in [-0.2, 0) is 36.8 Å². The van der Waals surface area contributed by atoms with E-state index in [2.05, 4.69) is 21.3 Å². The molecule has 238 valence electrons. The lowest BCUT2D eigenvalue weighted by molar-refractivity contribution is -0.143. The Hall–Kier alpha value is -3.75. The number of aromatic hydroxyl groups is 1. The zero-order valence-corrected chi connectivity index (χ0v) is 26.6. The van der Waals surface area contributed by atoms with Gasteiger partial charge < -0.3 is 37.2 Å². The summed E-state index contributed by atoms with van der Waals surface area (Å²) < 4.78 is -2.14. The molecule has 44 heavy (non-hydrogen) atoms. The van der Waals surface area contributed by atoms with Crippen molar-refractivity contribution in [1.82, 2.24) is 21.3 Å². The van der Waals surface area contributed by atoms with Crippen LogP contribution in [-0.4, -0.2) is 80.0 Å². The van der Waals surface area contributed by atoms with E-state index in [4.69, 9.17) is 5.73 Å². The molecule has 2 aromatic rings. The fourth-order valence-corrected chi connectivity index (χ4v) is 7.26. The summed E-state index contributed by atoms with van der Waals surface area (Å²) in [5.41, 5.74) is 7.61. The number of rotatable bonds is 7. The second kappa shape index (κ2) is 14.8. The number of hydrogen-bond acceptors (Lipinski definition) is 9. The summed E-state index contributed by atoms with van der Waals surface area (Å²) in [7, 11) is 2.32. The van der Waals surface area contributed by atoms with Crippen LogP contribution in [0, 0.1) is 0 Å². The summed E-state index contributed by atoms with van der Waals surface area (Å²) in [5.74, 6) is -3.82. The fraction of sp³-hybridized carbons (Fsp3) is 0.433. The molecular weight excluding hydrogens is 606 g/mol. The Bertz CT molecular complexity index is 1360. The molecule has 0 unspecified atom stereocenters. The topological polar surface area (TPSA) is 200 Å². The van der Waals surface area contributed by atoms with E-state index in [-0.39, 0.29) is 18.6 Å². The Morgan fingerprint density at radius 3 is 2.16 bits per heavy atom. The number of carboxylic acid groups (broad SMARTS) is 1. The number of phenols is 1. The first kappa shape index (κ1) is 34.7. The second-order valence-electron chi connectivity index (χ2n) is 11.6. The van der Waals surface area contributed by atoms with Crippen LogP contribution < -0.4 is 27.0 Å². The van der Waals surface area contributed by atoms with Crippen molar-refractivity contribution in [3.8, 4) is 5.75 Å². The van der Waals surface area contributed by atoms with Crippen LogP contribution >= 0.6 is 21.6 Å². The first-order chi connectivity index (χ1) is 20.6. The average Bonchev–Trinajstić information content (AvgIpc) is 2.96. The minimum atomic E-state index is -1.36. The van der Waals surface area contributed by atoms with Gasteiger partial charge >= 0.3 is 5.97 Å². The van der Waals surface area contributed by atoms with Gasteiger partial charge in [-0.25, -0.2) is 4.79 Å². The molecule has 8 N–H and O–H groups in total. The first-order valence-corrected chi connectivity index (χ1v) is 16.1. The maximum absolute atomic E-state index is 13.5. The van der Waals surface area contributed by atoms with E-state index in [0.29, 0.717) is 5.56 Å². The molecule has 1 aliphatic rings. The van der Waals surface area contributed by atoms with Gasteiger partial charge in [-0.1, -0.05) is 64.1 Å². The number of nitrogens with two attached hydrogens (primary N) is 1. The van der Waals surface area contributed by atoms with Crippen LogP contribution in [0.4, 0.5) is 0 Å². The van der Waals surface area contributed by atoms with E-state index in [1.165, 1.54) is 22.9 Å². The standard InChI is InChI=1S/C30H39N5O7S2/c1-29(2)23(34-25(38)20(31)14-18-10-12-19(36)13-11-18)27(40)32-16-22(37)33-21(15-17-8-6-5-7-9-17)26(39)35-24(28(41)42)30(3,4)44-43-29/h5-13,20-21,23-24,36H,14-16,31H2,1-4H3,(H,32,40)(H,33,37)(H,34,38)(H,35,39)(H,41,42)/t20-,21-,23-,24+/m1/s1. The lowest BCUT2D eigenvalue weighted by atomic mass is 10.00. The molecule has 1 fully saturated rings. The van der Waals surface area contributed by atoms with Crippen molar-refractivity contribution in [3.05, 3.63) is 65.7 Å². The van der Waals surface area contributed by atoms with Gasteiger partial charge in [-0.05, 0) is 57.4 Å². The highest BCUT2D eigenvalue weighted by Gasteiger charge is 2.44. The number of carbonyl (C=O) groups is 5. The summed E-state index contributed by atoms with van der Waals surface area (Å²) >= 11 is 0. The highest BCUT2D eigenvalue weighted by molar-refractivity contribution is 8.77. The van der Waals surface area contributed by atoms with Crippen LogP contribution in [0.25, 0.3) is 0 Å². The molecule has 4 atom stereocenters. The Labute approximate surface area is 264 Å².